The molecule has 4 nitrogen and oxygen atoms in total. The number of rotatable bonds is 4. The van der Waals surface area contributed by atoms with Gasteiger partial charge in [-0.2, -0.15) is 8.78 Å². The van der Waals surface area contributed by atoms with Crippen LogP contribution in [0.15, 0.2) is 42.5 Å². The smallest absolute Gasteiger partial charge is 0.387 e. The Hall–Kier alpha value is -2.83. The molecule has 1 aliphatic carbocycles. The van der Waals surface area contributed by atoms with Gasteiger partial charge in [-0.05, 0) is 42.2 Å². The van der Waals surface area contributed by atoms with E-state index in [1.54, 1.807) is 0 Å². The molecule has 2 aliphatic rings. The first-order chi connectivity index (χ1) is 12.9. The van der Waals surface area contributed by atoms with Crippen LogP contribution in [0.5, 0.6) is 5.75 Å². The number of alkyl halides is 2. The molecule has 0 radical (unpaired) electrons. The summed E-state index contributed by atoms with van der Waals surface area (Å²) in [6.45, 7) is -3.39. The Bertz CT molecular complexity index is 930. The van der Waals surface area contributed by atoms with Crippen LogP contribution in [0.25, 0.3) is 0 Å². The lowest BCUT2D eigenvalue weighted by molar-refractivity contribution is -0.140. The number of benzene rings is 2. The Morgan fingerprint density at radius 1 is 1.15 bits per heavy atom. The first-order valence-corrected chi connectivity index (χ1v) is 8.57. The predicted molar refractivity (Wildman–Crippen MR) is 89.6 cm³/mol. The van der Waals surface area contributed by atoms with Gasteiger partial charge in [0.2, 0.25) is 11.8 Å². The molecule has 1 spiro atoms. The van der Waals surface area contributed by atoms with Gasteiger partial charge in [-0.15, -0.1) is 0 Å². The van der Waals surface area contributed by atoms with Crippen LogP contribution in [-0.2, 0) is 28.0 Å². The van der Waals surface area contributed by atoms with E-state index in [4.69, 9.17) is 0 Å². The molecular weight excluding hydrogens is 359 g/mol. The van der Waals surface area contributed by atoms with Crippen molar-refractivity contribution in [2.24, 2.45) is 0 Å². The zero-order valence-corrected chi connectivity index (χ0v) is 14.3. The predicted octanol–water partition coefficient (Wildman–Crippen LogP) is 3.57. The van der Waals surface area contributed by atoms with Crippen LogP contribution in [0.3, 0.4) is 0 Å². The highest BCUT2D eigenvalue weighted by atomic mass is 19.3. The molecule has 7 heteroatoms. The number of nitrogens with zero attached hydrogens (tertiary/aromatic N) is 1. The standard InChI is InChI=1S/C20H16F3NO3/c21-14-5-6-16(27-19(22)23)13(9-14)11-24-17(25)10-20(18(24)26)8-7-12-3-1-2-4-15(12)20/h1-6,9,19H,7-8,10-11H2. The van der Waals surface area contributed by atoms with E-state index in [0.717, 1.165) is 34.2 Å². The fourth-order valence-electron chi connectivity index (χ4n) is 4.11. The number of carbonyl (C=O) groups is 2. The molecule has 2 aromatic rings. The molecule has 4 rings (SSSR count). The van der Waals surface area contributed by atoms with Gasteiger partial charge in [-0.25, -0.2) is 4.39 Å². The summed E-state index contributed by atoms with van der Waals surface area (Å²) in [5.41, 5.74) is 0.993. The number of carbonyl (C=O) groups excluding carboxylic acids is 2. The molecule has 0 aromatic heterocycles. The molecule has 1 saturated heterocycles. The van der Waals surface area contributed by atoms with Crippen LogP contribution < -0.4 is 4.74 Å². The number of hydrogen-bond acceptors (Lipinski definition) is 3. The van der Waals surface area contributed by atoms with Crippen LogP contribution in [0.2, 0.25) is 0 Å². The number of aryl methyl sites for hydroxylation is 1. The third-order valence-electron chi connectivity index (χ3n) is 5.33. The number of hydrogen-bond donors (Lipinski definition) is 0. The summed E-state index contributed by atoms with van der Waals surface area (Å²) < 4.78 is 43.2. The van der Waals surface area contributed by atoms with Crippen molar-refractivity contribution in [3.8, 4) is 5.75 Å². The highest BCUT2D eigenvalue weighted by molar-refractivity contribution is 6.09. The highest BCUT2D eigenvalue weighted by Crippen LogP contribution is 2.47. The van der Waals surface area contributed by atoms with E-state index in [9.17, 15) is 22.8 Å². The minimum absolute atomic E-state index is 0.0281. The summed E-state index contributed by atoms with van der Waals surface area (Å²) in [4.78, 5) is 26.8. The molecule has 27 heavy (non-hydrogen) atoms. The maximum absolute atomic E-state index is 13.6. The van der Waals surface area contributed by atoms with Gasteiger partial charge in [0.25, 0.3) is 0 Å². The highest BCUT2D eigenvalue weighted by Gasteiger charge is 2.55. The molecule has 0 bridgehead atoms. The Labute approximate surface area is 153 Å². The molecular formula is C20H16F3NO3. The number of likely N-dealkylation sites (tertiary alicyclic amines) is 1. The quantitative estimate of drug-likeness (QED) is 0.768. The van der Waals surface area contributed by atoms with Crippen LogP contribution in [0.4, 0.5) is 13.2 Å². The fourth-order valence-corrected chi connectivity index (χ4v) is 4.11. The largest absolute Gasteiger partial charge is 0.434 e. The van der Waals surface area contributed by atoms with Gasteiger partial charge in [0.1, 0.15) is 11.6 Å². The minimum atomic E-state index is -3.09. The van der Waals surface area contributed by atoms with E-state index in [2.05, 4.69) is 4.74 Å². The van der Waals surface area contributed by atoms with Crippen molar-refractivity contribution >= 4 is 11.8 Å². The lowest BCUT2D eigenvalue weighted by Gasteiger charge is -2.23. The summed E-state index contributed by atoms with van der Waals surface area (Å²) in [5, 5.41) is 0. The number of halogens is 3. The zero-order valence-electron chi connectivity index (χ0n) is 14.3. The SMILES string of the molecule is O=C1CC2(CCc3ccccc32)C(=O)N1Cc1cc(F)ccc1OC(F)F. The Morgan fingerprint density at radius 2 is 1.93 bits per heavy atom. The topological polar surface area (TPSA) is 46.6 Å². The van der Waals surface area contributed by atoms with Gasteiger partial charge >= 0.3 is 6.61 Å². The van der Waals surface area contributed by atoms with Gasteiger partial charge in [-0.1, -0.05) is 24.3 Å². The molecule has 0 saturated carbocycles. The van der Waals surface area contributed by atoms with Gasteiger partial charge in [0, 0.05) is 12.0 Å². The number of fused-ring (bicyclic) bond motifs is 2. The average molecular weight is 375 g/mol. The normalized spacial score (nSPS) is 21.4. The second-order valence-corrected chi connectivity index (χ2v) is 6.83. The van der Waals surface area contributed by atoms with Crippen LogP contribution in [0.1, 0.15) is 29.5 Å². The summed E-state index contributed by atoms with van der Waals surface area (Å²) >= 11 is 0. The van der Waals surface area contributed by atoms with Gasteiger partial charge in [-0.3, -0.25) is 14.5 Å². The zero-order chi connectivity index (χ0) is 19.2. The Morgan fingerprint density at radius 3 is 2.70 bits per heavy atom. The Kier molecular flexibility index (Phi) is 4.17. The van der Waals surface area contributed by atoms with Crippen molar-refractivity contribution in [3.05, 3.63) is 65.0 Å². The second-order valence-electron chi connectivity index (χ2n) is 6.83. The number of imide groups is 1. The molecule has 0 N–H and O–H groups in total. The molecule has 1 unspecified atom stereocenters. The third-order valence-corrected chi connectivity index (χ3v) is 5.33. The minimum Gasteiger partial charge on any atom is -0.434 e. The fraction of sp³-hybridized carbons (Fsp3) is 0.300. The molecule has 1 fully saturated rings. The van der Waals surface area contributed by atoms with Crippen molar-refractivity contribution in [2.75, 3.05) is 0 Å². The summed E-state index contributed by atoms with van der Waals surface area (Å²) in [5.74, 6) is -1.68. The second kappa shape index (κ2) is 6.40. The maximum Gasteiger partial charge on any atom is 0.387 e. The lowest BCUT2D eigenvalue weighted by atomic mass is 9.80. The first kappa shape index (κ1) is 17.6. The first-order valence-electron chi connectivity index (χ1n) is 8.57. The van der Waals surface area contributed by atoms with E-state index in [1.807, 2.05) is 24.3 Å². The molecule has 140 valence electrons. The monoisotopic (exact) mass is 375 g/mol. The Balaban J connectivity index is 1.66. The molecule has 1 atom stereocenters. The van der Waals surface area contributed by atoms with Crippen molar-refractivity contribution in [2.45, 2.75) is 37.8 Å². The van der Waals surface area contributed by atoms with E-state index < -0.39 is 23.8 Å². The van der Waals surface area contributed by atoms with Crippen molar-refractivity contribution < 1.29 is 27.5 Å². The third kappa shape index (κ3) is 2.87. The maximum atomic E-state index is 13.6. The lowest BCUT2D eigenvalue weighted by Crippen LogP contribution is -2.37. The molecule has 2 aromatic carbocycles. The van der Waals surface area contributed by atoms with Crippen molar-refractivity contribution in [3.63, 3.8) is 0 Å². The van der Waals surface area contributed by atoms with E-state index in [0.29, 0.717) is 12.8 Å². The molecule has 2 amide bonds. The van der Waals surface area contributed by atoms with E-state index in [-0.39, 0.29) is 30.2 Å². The van der Waals surface area contributed by atoms with Crippen molar-refractivity contribution in [1.82, 2.24) is 4.90 Å². The van der Waals surface area contributed by atoms with Crippen LogP contribution in [0, 0.1) is 5.82 Å². The van der Waals surface area contributed by atoms with Crippen LogP contribution >= 0.6 is 0 Å². The summed E-state index contributed by atoms with van der Waals surface area (Å²) in [6.07, 6.45) is 1.25. The number of amides is 2. The molecule has 1 heterocycles. The summed E-state index contributed by atoms with van der Waals surface area (Å²) in [7, 11) is 0. The van der Waals surface area contributed by atoms with E-state index >= 15 is 0 Å². The average Bonchev–Trinajstić information content (AvgIpc) is 3.11. The summed E-state index contributed by atoms with van der Waals surface area (Å²) in [6, 6.07) is 10.6. The molecule has 1 aliphatic heterocycles. The van der Waals surface area contributed by atoms with Gasteiger partial charge < -0.3 is 4.74 Å². The van der Waals surface area contributed by atoms with Gasteiger partial charge in [0.15, 0.2) is 0 Å². The number of ether oxygens (including phenoxy) is 1. The van der Waals surface area contributed by atoms with Crippen LogP contribution in [-0.4, -0.2) is 23.3 Å². The van der Waals surface area contributed by atoms with E-state index in [1.165, 1.54) is 0 Å². The van der Waals surface area contributed by atoms with Gasteiger partial charge in [0.05, 0.1) is 12.0 Å². The van der Waals surface area contributed by atoms with Crippen molar-refractivity contribution in [1.29, 1.82) is 0 Å².